The van der Waals surface area contributed by atoms with E-state index in [2.05, 4.69) is 63.1 Å². The second-order valence-electron chi connectivity index (χ2n) is 25.9. The number of aliphatic carboxylic acids is 2. The van der Waals surface area contributed by atoms with Gasteiger partial charge in [-0.2, -0.15) is 0 Å². The number of nitrogens with two attached hydrogens (primary N) is 2. The molecule has 5 aromatic carbocycles. The smallest absolute Gasteiger partial charge is 0.305 e. The number of imidazole rings is 1. The van der Waals surface area contributed by atoms with E-state index >= 15 is 0 Å². The van der Waals surface area contributed by atoms with Crippen LogP contribution in [-0.2, 0) is 88.0 Å². The van der Waals surface area contributed by atoms with Gasteiger partial charge in [0.2, 0.25) is 65.0 Å². The largest absolute Gasteiger partial charge is 0.481 e. The van der Waals surface area contributed by atoms with Gasteiger partial charge in [0, 0.05) is 49.6 Å². The number of aliphatic hydroxyl groups excluding tert-OH is 3. The molecule has 1 aromatic heterocycles. The van der Waals surface area contributed by atoms with Gasteiger partial charge in [-0.05, 0) is 92.5 Å². The van der Waals surface area contributed by atoms with E-state index in [-0.39, 0.29) is 25.0 Å². The van der Waals surface area contributed by atoms with Gasteiger partial charge in [0.1, 0.15) is 53.9 Å². The average Bonchev–Trinajstić information content (AvgIpc) is 1.36. The second-order valence-corrected chi connectivity index (χ2v) is 25.9. The van der Waals surface area contributed by atoms with Crippen LogP contribution in [-0.4, -0.2) is 203 Å². The first-order chi connectivity index (χ1) is 50.7. The minimum atomic E-state index is -2.18. The van der Waals surface area contributed by atoms with E-state index in [4.69, 9.17) is 11.5 Å². The Bertz CT molecular complexity index is 4160. The number of carbonyl (C=O) groups excluding carboxylic acids is 12. The number of hydrogen-bond donors (Lipinski definition) is 18. The molecule has 0 aliphatic rings. The molecule has 0 saturated heterocycles. The molecule has 570 valence electrons. The number of ketones is 1. The van der Waals surface area contributed by atoms with Gasteiger partial charge in [0.25, 0.3) is 0 Å². The molecule has 0 aliphatic heterocycles. The molecule has 0 bridgehead atoms. The third kappa shape index (κ3) is 25.4. The van der Waals surface area contributed by atoms with Crippen LogP contribution in [0.5, 0.6) is 0 Å². The molecule has 11 amide bonds. The average molecular weight is 1480 g/mol. The topological polar surface area (TPSA) is 541 Å². The lowest BCUT2D eigenvalue weighted by atomic mass is 9.90. The zero-order valence-corrected chi connectivity index (χ0v) is 59.5. The van der Waals surface area contributed by atoms with Gasteiger partial charge >= 0.3 is 11.9 Å². The zero-order chi connectivity index (χ0) is 78.8. The van der Waals surface area contributed by atoms with Crippen molar-refractivity contribution in [3.63, 3.8) is 0 Å². The fourth-order valence-electron chi connectivity index (χ4n) is 11.2. The minimum Gasteiger partial charge on any atom is -0.481 e. The van der Waals surface area contributed by atoms with Crippen molar-refractivity contribution in [1.29, 1.82) is 0 Å². The summed E-state index contributed by atoms with van der Waals surface area (Å²) in [6, 6.07) is 21.0. The van der Waals surface area contributed by atoms with E-state index in [0.29, 0.717) is 39.1 Å². The van der Waals surface area contributed by atoms with Crippen LogP contribution in [0.4, 0.5) is 0 Å². The van der Waals surface area contributed by atoms with Gasteiger partial charge in [-0.3, -0.25) is 67.1 Å². The SMILES string of the molecule is CC(=O)c1ccccc1-c1ccc(C[C@H](NC(=O)[C@H](CC(=O)O)NC(=O)[C@H](CO)NC(=O)[C@@H](NC(=O)[C@](C)(Cc2ccccc2)NC(=O)[C@@H](NC(=O)CNC(=O)[C@H](CCC(=O)O)NC(=O)[C@H](C)NC(=O)[C@@H](N)Cc2cnc[nH]2)[C@@H](C)O)[C@@H](C)O)C(=O)N[C@@H](Cc2ccc(-c3ccccc3C)cc2)C(N)=O)cc1. The maximum absolute atomic E-state index is 14.6. The first-order valence-corrected chi connectivity index (χ1v) is 34.0. The van der Waals surface area contributed by atoms with E-state index < -0.39 is 188 Å². The number of aryl methyl sites for hydroxylation is 1. The van der Waals surface area contributed by atoms with E-state index in [1.807, 2.05) is 43.3 Å². The third-order valence-corrected chi connectivity index (χ3v) is 17.2. The summed E-state index contributed by atoms with van der Waals surface area (Å²) in [5.74, 6) is -15.5. The van der Waals surface area contributed by atoms with E-state index in [1.165, 1.54) is 33.3 Å². The predicted octanol–water partition coefficient (Wildman–Crippen LogP) is -1.68. The maximum Gasteiger partial charge on any atom is 0.305 e. The molecule has 0 fully saturated rings. The number of amides is 11. The van der Waals surface area contributed by atoms with Gasteiger partial charge in [0.05, 0.1) is 44.1 Å². The number of rotatable bonds is 40. The molecule has 1 heterocycles. The van der Waals surface area contributed by atoms with Gasteiger partial charge in [-0.25, -0.2) is 4.98 Å². The normalized spacial score (nSPS) is 14.7. The van der Waals surface area contributed by atoms with Crippen molar-refractivity contribution in [3.8, 4) is 22.3 Å². The highest BCUT2D eigenvalue weighted by Crippen LogP contribution is 2.27. The molecule has 107 heavy (non-hydrogen) atoms. The Labute approximate surface area is 615 Å². The van der Waals surface area contributed by atoms with Crippen LogP contribution >= 0.6 is 0 Å². The number of benzene rings is 5. The number of carboxylic acids is 2. The molecular formula is C74H90N14O19. The number of carboxylic acid groups (broad SMARTS) is 2. The van der Waals surface area contributed by atoms with Crippen LogP contribution in [0.25, 0.3) is 22.3 Å². The van der Waals surface area contributed by atoms with Gasteiger partial charge < -0.3 is 95.2 Å². The molecule has 6 rings (SSSR count). The summed E-state index contributed by atoms with van der Waals surface area (Å²) in [5, 5.41) is 75.3. The number of nitrogens with one attached hydrogen (secondary N) is 11. The molecule has 33 nitrogen and oxygen atoms in total. The summed E-state index contributed by atoms with van der Waals surface area (Å²) in [4.78, 5) is 195. The molecule has 20 N–H and O–H groups in total. The molecule has 0 unspecified atom stereocenters. The Kier molecular flexibility index (Phi) is 31.1. The molecule has 0 spiro atoms. The lowest BCUT2D eigenvalue weighted by molar-refractivity contribution is -0.142. The van der Waals surface area contributed by atoms with Gasteiger partial charge in [-0.15, -0.1) is 0 Å². The third-order valence-electron chi connectivity index (χ3n) is 17.2. The fourth-order valence-corrected chi connectivity index (χ4v) is 11.2. The summed E-state index contributed by atoms with van der Waals surface area (Å²) < 4.78 is 0. The Balaban J connectivity index is 1.16. The highest BCUT2D eigenvalue weighted by atomic mass is 16.4. The number of carbonyl (C=O) groups is 14. The first-order valence-electron chi connectivity index (χ1n) is 34.0. The highest BCUT2D eigenvalue weighted by Gasteiger charge is 2.42. The minimum absolute atomic E-state index is 0.0300. The van der Waals surface area contributed by atoms with Crippen molar-refractivity contribution in [2.75, 3.05) is 13.2 Å². The predicted molar refractivity (Wildman–Crippen MR) is 386 cm³/mol. The zero-order valence-electron chi connectivity index (χ0n) is 59.5. The summed E-state index contributed by atoms with van der Waals surface area (Å²) >= 11 is 0. The number of primary amides is 1. The van der Waals surface area contributed by atoms with Crippen molar-refractivity contribution in [2.24, 2.45) is 11.5 Å². The monoisotopic (exact) mass is 1480 g/mol. The van der Waals surface area contributed by atoms with E-state index in [9.17, 15) is 92.7 Å². The maximum atomic E-state index is 14.6. The van der Waals surface area contributed by atoms with E-state index in [1.54, 1.807) is 91.0 Å². The van der Waals surface area contributed by atoms with Crippen LogP contribution in [0.2, 0.25) is 0 Å². The first kappa shape index (κ1) is 83.9. The Morgan fingerprint density at radius 1 is 0.533 bits per heavy atom. The highest BCUT2D eigenvalue weighted by molar-refractivity contribution is 6.02. The molecule has 6 aromatic rings. The number of aromatic amines is 1. The summed E-state index contributed by atoms with van der Waals surface area (Å²) in [5.41, 5.74) is 16.0. The molecule has 12 atom stereocenters. The molecule has 33 heteroatoms. The van der Waals surface area contributed by atoms with Crippen LogP contribution in [0.1, 0.15) is 92.2 Å². The number of Topliss-reactive ketones (excluding diaryl/α,β-unsaturated/α-hetero) is 1. The Hall–Kier alpha value is -12.1. The van der Waals surface area contributed by atoms with Crippen LogP contribution in [0, 0.1) is 6.92 Å². The number of nitrogens with zero attached hydrogens (tertiary/aromatic N) is 1. The van der Waals surface area contributed by atoms with Crippen molar-refractivity contribution < 1.29 is 92.7 Å². The summed E-state index contributed by atoms with van der Waals surface area (Å²) in [6.07, 6.45) is -3.87. The van der Waals surface area contributed by atoms with Crippen LogP contribution < -0.4 is 64.6 Å². The summed E-state index contributed by atoms with van der Waals surface area (Å²) in [7, 11) is 0. The van der Waals surface area contributed by atoms with Crippen molar-refractivity contribution >= 4 is 82.7 Å². The van der Waals surface area contributed by atoms with Crippen molar-refractivity contribution in [1.82, 2.24) is 63.1 Å². The van der Waals surface area contributed by atoms with Crippen LogP contribution in [0.3, 0.4) is 0 Å². The van der Waals surface area contributed by atoms with E-state index in [0.717, 1.165) is 30.5 Å². The Morgan fingerprint density at radius 3 is 1.62 bits per heavy atom. The summed E-state index contributed by atoms with van der Waals surface area (Å²) in [6.45, 7) is 5.75. The van der Waals surface area contributed by atoms with Crippen LogP contribution in [0.15, 0.2) is 140 Å². The lowest BCUT2D eigenvalue weighted by Crippen LogP contribution is -2.67. The van der Waals surface area contributed by atoms with Gasteiger partial charge in [0.15, 0.2) is 5.78 Å². The van der Waals surface area contributed by atoms with Gasteiger partial charge in [-0.1, -0.05) is 127 Å². The van der Waals surface area contributed by atoms with Crippen molar-refractivity contribution in [2.45, 2.75) is 159 Å². The van der Waals surface area contributed by atoms with Crippen molar-refractivity contribution in [3.05, 3.63) is 173 Å². The molecule has 0 radical (unpaired) electrons. The standard InChI is InChI=1S/C74H90N14O19/c1-39-14-10-11-17-50(39)47-24-20-44(21-25-47)30-55(64(76)98)82-68(102)56(31-45-22-26-48(27-23-45)52-19-13-12-18-51(52)41(3)90)83-69(103)57(33-61(96)97)84-70(104)58(37-89)85-71(105)62(42(4)91)87-73(107)74(6,34-46-15-8-7-9-16-46)88-72(106)63(43(5)92)86-59(93)36-78-67(101)54(28-29-60(94)95)81-65(99)40(2)80-66(100)53(75)32-49-35-77-38-79-49/h7-27,35,38,40,42-43,53-58,62-63,89,91-92H,28-34,36-37,75H2,1-6H3,(H2,76,98)(H,77,79)(H,78,101)(H,80,100)(H,81,99)(H,82,102)(H,83,103)(H,84,104)(H,85,105)(H,86,93)(H,87,107)(H,88,106)(H,94,95)(H,96,97)/t40-,42+,43+,53-,54-,55-,56-,57-,58-,62-,63-,74-/m0/s1. The second kappa shape index (κ2) is 39.7. The fraction of sp³-hybridized carbons (Fsp3) is 0.365. The molecule has 0 aliphatic carbocycles. The number of H-pyrrole nitrogens is 1. The number of aromatic nitrogens is 2. The lowest BCUT2D eigenvalue weighted by Gasteiger charge is -2.34. The Morgan fingerprint density at radius 2 is 1.06 bits per heavy atom. The molecular weight excluding hydrogens is 1390 g/mol. The number of hydrogen-bond acceptors (Lipinski definition) is 19. The number of aliphatic hydroxyl groups is 3. The molecule has 0 saturated carbocycles. The quantitative estimate of drug-likeness (QED) is 0.0191.